The van der Waals surface area contributed by atoms with Gasteiger partial charge in [0.1, 0.15) is 5.75 Å². The van der Waals surface area contributed by atoms with Crippen molar-refractivity contribution >= 4 is 34.0 Å². The molecule has 0 radical (unpaired) electrons. The Labute approximate surface area is 157 Å². The Morgan fingerprint density at radius 2 is 2.08 bits per heavy atom. The van der Waals surface area contributed by atoms with Crippen molar-refractivity contribution < 1.29 is 9.53 Å². The third-order valence-electron chi connectivity index (χ3n) is 4.26. The predicted molar refractivity (Wildman–Crippen MR) is 102 cm³/mol. The van der Waals surface area contributed by atoms with Gasteiger partial charge >= 0.3 is 0 Å². The van der Waals surface area contributed by atoms with Gasteiger partial charge in [-0.05, 0) is 44.1 Å². The molecule has 7 heteroatoms. The fraction of sp³-hybridized carbons (Fsp3) is 0.444. The highest BCUT2D eigenvalue weighted by atomic mass is 35.5. The van der Waals surface area contributed by atoms with Crippen LogP contribution in [0.5, 0.6) is 5.75 Å². The molecule has 134 valence electrons. The van der Waals surface area contributed by atoms with E-state index in [1.54, 1.807) is 18.2 Å². The second kappa shape index (κ2) is 8.65. The number of thiazole rings is 1. The van der Waals surface area contributed by atoms with E-state index in [-0.39, 0.29) is 5.91 Å². The van der Waals surface area contributed by atoms with Crippen molar-refractivity contribution in [1.29, 1.82) is 0 Å². The Morgan fingerprint density at radius 3 is 2.80 bits per heavy atom. The Hall–Kier alpha value is -1.63. The average Bonchev–Trinajstić information content (AvgIpc) is 2.88. The van der Waals surface area contributed by atoms with Crippen LogP contribution >= 0.6 is 22.9 Å². The quantitative estimate of drug-likeness (QED) is 0.834. The van der Waals surface area contributed by atoms with E-state index < -0.39 is 0 Å². The summed E-state index contributed by atoms with van der Waals surface area (Å²) in [6.45, 7) is 3.09. The molecule has 1 aliphatic rings. The molecule has 5 nitrogen and oxygen atoms in total. The summed E-state index contributed by atoms with van der Waals surface area (Å²) >= 11 is 7.43. The number of carbonyl (C=O) groups excluding carboxylic acids is 1. The highest BCUT2D eigenvalue weighted by molar-refractivity contribution is 7.14. The first-order valence-corrected chi connectivity index (χ1v) is 9.73. The monoisotopic (exact) mass is 379 g/mol. The summed E-state index contributed by atoms with van der Waals surface area (Å²) in [6, 6.07) is 4.98. The number of rotatable bonds is 5. The van der Waals surface area contributed by atoms with Crippen LogP contribution < -0.4 is 10.1 Å². The van der Waals surface area contributed by atoms with Crippen LogP contribution in [0.1, 0.15) is 41.7 Å². The summed E-state index contributed by atoms with van der Waals surface area (Å²) in [5.41, 5.74) is 1.40. The number of nitrogens with zero attached hydrogens (tertiary/aromatic N) is 2. The van der Waals surface area contributed by atoms with E-state index in [4.69, 9.17) is 16.3 Å². The Kier molecular flexibility index (Phi) is 6.29. The lowest BCUT2D eigenvalue weighted by Gasteiger charge is -2.17. The van der Waals surface area contributed by atoms with Gasteiger partial charge in [0.2, 0.25) is 0 Å². The number of halogens is 1. The van der Waals surface area contributed by atoms with Gasteiger partial charge in [-0.15, -0.1) is 11.3 Å². The molecule has 0 unspecified atom stereocenters. The molecule has 1 N–H and O–H groups in total. The lowest BCUT2D eigenvalue weighted by atomic mass is 10.2. The first kappa shape index (κ1) is 18.2. The molecule has 0 saturated carbocycles. The van der Waals surface area contributed by atoms with Crippen LogP contribution in [0.4, 0.5) is 5.13 Å². The summed E-state index contributed by atoms with van der Waals surface area (Å²) < 4.78 is 5.23. The molecule has 1 amide bonds. The molecule has 3 rings (SSSR count). The van der Waals surface area contributed by atoms with Gasteiger partial charge in [0, 0.05) is 16.9 Å². The molecular formula is C18H22ClN3O2S. The summed E-state index contributed by atoms with van der Waals surface area (Å²) in [5.74, 6) is 0.221. The fourth-order valence-electron chi connectivity index (χ4n) is 2.98. The zero-order valence-corrected chi connectivity index (χ0v) is 15.8. The van der Waals surface area contributed by atoms with Crippen molar-refractivity contribution in [3.05, 3.63) is 39.9 Å². The number of aromatic nitrogens is 1. The number of methoxy groups -OCH3 is 1. The standard InChI is InChI=1S/C18H22ClN3O2S/c1-24-16-7-6-13(19)10-15(16)17(23)21-18-20-14(12-25-18)11-22-8-4-2-3-5-9-22/h6-7,10,12H,2-5,8-9,11H2,1H3,(H,20,21,23). The number of hydrogen-bond donors (Lipinski definition) is 1. The smallest absolute Gasteiger partial charge is 0.261 e. The third kappa shape index (κ3) is 4.93. The van der Waals surface area contributed by atoms with Crippen LogP contribution in [0.15, 0.2) is 23.6 Å². The maximum atomic E-state index is 12.5. The molecule has 0 atom stereocenters. The van der Waals surface area contributed by atoms with E-state index in [0.29, 0.717) is 21.5 Å². The van der Waals surface area contributed by atoms with E-state index in [1.807, 2.05) is 5.38 Å². The van der Waals surface area contributed by atoms with Crippen molar-refractivity contribution in [2.75, 3.05) is 25.5 Å². The van der Waals surface area contributed by atoms with Gasteiger partial charge in [0.25, 0.3) is 5.91 Å². The number of hydrogen-bond acceptors (Lipinski definition) is 5. The molecule has 1 aliphatic heterocycles. The summed E-state index contributed by atoms with van der Waals surface area (Å²) in [7, 11) is 1.53. The average molecular weight is 380 g/mol. The number of carbonyl (C=O) groups is 1. The maximum absolute atomic E-state index is 12.5. The van der Waals surface area contributed by atoms with Gasteiger partial charge < -0.3 is 4.74 Å². The minimum atomic E-state index is -0.268. The van der Waals surface area contributed by atoms with Crippen LogP contribution in [-0.4, -0.2) is 36.0 Å². The normalized spacial score (nSPS) is 15.6. The van der Waals surface area contributed by atoms with Crippen molar-refractivity contribution in [2.24, 2.45) is 0 Å². The number of nitrogens with one attached hydrogen (secondary N) is 1. The van der Waals surface area contributed by atoms with Gasteiger partial charge in [-0.3, -0.25) is 15.0 Å². The van der Waals surface area contributed by atoms with Crippen LogP contribution in [0.3, 0.4) is 0 Å². The fourth-order valence-corrected chi connectivity index (χ4v) is 3.85. The molecule has 0 bridgehead atoms. The first-order chi connectivity index (χ1) is 12.2. The molecule has 1 aromatic heterocycles. The van der Waals surface area contributed by atoms with Crippen LogP contribution in [0.2, 0.25) is 5.02 Å². The second-order valence-corrected chi connectivity index (χ2v) is 7.43. The van der Waals surface area contributed by atoms with Gasteiger partial charge in [-0.25, -0.2) is 4.98 Å². The SMILES string of the molecule is COc1ccc(Cl)cc1C(=O)Nc1nc(CN2CCCCCC2)cs1. The lowest BCUT2D eigenvalue weighted by molar-refractivity contribution is 0.102. The Bertz CT molecular complexity index is 727. The molecule has 1 fully saturated rings. The third-order valence-corrected chi connectivity index (χ3v) is 5.30. The van der Waals surface area contributed by atoms with Gasteiger partial charge in [-0.2, -0.15) is 0 Å². The van der Waals surface area contributed by atoms with Gasteiger partial charge in [-0.1, -0.05) is 24.4 Å². The number of benzene rings is 1. The van der Waals surface area contributed by atoms with Crippen molar-refractivity contribution in [3.8, 4) is 5.75 Å². The summed E-state index contributed by atoms with van der Waals surface area (Å²) in [5, 5.41) is 5.94. The highest BCUT2D eigenvalue weighted by Gasteiger charge is 2.16. The molecule has 1 saturated heterocycles. The number of likely N-dealkylation sites (tertiary alicyclic amines) is 1. The molecular weight excluding hydrogens is 358 g/mol. The molecule has 25 heavy (non-hydrogen) atoms. The summed E-state index contributed by atoms with van der Waals surface area (Å²) in [4.78, 5) is 19.5. The number of anilines is 1. The van der Waals surface area contributed by atoms with Crippen molar-refractivity contribution in [2.45, 2.75) is 32.2 Å². The van der Waals surface area contributed by atoms with Crippen LogP contribution in [0.25, 0.3) is 0 Å². The molecule has 0 spiro atoms. The van der Waals surface area contributed by atoms with E-state index in [2.05, 4.69) is 15.2 Å². The van der Waals surface area contributed by atoms with E-state index in [1.165, 1.54) is 44.1 Å². The summed E-state index contributed by atoms with van der Waals surface area (Å²) in [6.07, 6.45) is 5.14. The van der Waals surface area contributed by atoms with Crippen molar-refractivity contribution in [3.63, 3.8) is 0 Å². The zero-order valence-electron chi connectivity index (χ0n) is 14.3. The Morgan fingerprint density at radius 1 is 1.32 bits per heavy atom. The Balaban J connectivity index is 1.64. The molecule has 0 aliphatic carbocycles. The minimum Gasteiger partial charge on any atom is -0.496 e. The number of amides is 1. The van der Waals surface area contributed by atoms with Gasteiger partial charge in [0.15, 0.2) is 5.13 Å². The van der Waals surface area contributed by atoms with E-state index in [0.717, 1.165) is 25.3 Å². The predicted octanol–water partition coefficient (Wildman–Crippen LogP) is 4.43. The molecule has 1 aromatic carbocycles. The lowest BCUT2D eigenvalue weighted by Crippen LogP contribution is -2.24. The second-order valence-electron chi connectivity index (χ2n) is 6.13. The van der Waals surface area contributed by atoms with E-state index >= 15 is 0 Å². The topological polar surface area (TPSA) is 54.5 Å². The van der Waals surface area contributed by atoms with Gasteiger partial charge in [0.05, 0.1) is 18.4 Å². The first-order valence-electron chi connectivity index (χ1n) is 8.47. The molecule has 2 aromatic rings. The minimum absolute atomic E-state index is 0.268. The van der Waals surface area contributed by atoms with Crippen LogP contribution in [-0.2, 0) is 6.54 Å². The largest absolute Gasteiger partial charge is 0.496 e. The molecule has 2 heterocycles. The van der Waals surface area contributed by atoms with Crippen LogP contribution in [0, 0.1) is 0 Å². The number of ether oxygens (including phenoxy) is 1. The van der Waals surface area contributed by atoms with E-state index in [9.17, 15) is 4.79 Å². The maximum Gasteiger partial charge on any atom is 0.261 e. The zero-order chi connectivity index (χ0) is 17.6. The highest BCUT2D eigenvalue weighted by Crippen LogP contribution is 2.25. The van der Waals surface area contributed by atoms with Crippen molar-refractivity contribution in [1.82, 2.24) is 9.88 Å².